The van der Waals surface area contributed by atoms with Crippen LogP contribution in [0.5, 0.6) is 0 Å². The Morgan fingerprint density at radius 3 is 2.62 bits per heavy atom. The lowest BCUT2D eigenvalue weighted by Gasteiger charge is -2.17. The molecule has 1 aliphatic rings. The molecule has 1 aromatic heterocycles. The molecule has 0 radical (unpaired) electrons. The number of aromatic nitrogens is 1. The molecule has 0 saturated heterocycles. The van der Waals surface area contributed by atoms with Crippen molar-refractivity contribution in [3.63, 3.8) is 0 Å². The maximum Gasteiger partial charge on any atom is 0.285 e. The van der Waals surface area contributed by atoms with Crippen LogP contribution < -0.4 is 5.32 Å². The van der Waals surface area contributed by atoms with Gasteiger partial charge in [0, 0.05) is 35.8 Å². The lowest BCUT2D eigenvalue weighted by molar-refractivity contribution is 0.102. The molecule has 6 heteroatoms. The average molecular weight is 408 g/mol. The zero-order chi connectivity index (χ0) is 20.5. The number of carbonyl (C=O) groups excluding carboxylic acids is 2. The lowest BCUT2D eigenvalue weighted by atomic mass is 9.87. The van der Waals surface area contributed by atoms with Crippen molar-refractivity contribution in [2.24, 2.45) is 5.92 Å². The maximum atomic E-state index is 13.0. The van der Waals surface area contributed by atoms with Crippen LogP contribution in [0.2, 0.25) is 0 Å². The molecule has 2 aromatic carbocycles. The van der Waals surface area contributed by atoms with Gasteiger partial charge in [-0.2, -0.15) is 0 Å². The second-order valence-electron chi connectivity index (χ2n) is 7.90. The number of hydrogen-bond donors (Lipinski definition) is 2. The molecule has 3 aromatic rings. The van der Waals surface area contributed by atoms with Crippen LogP contribution in [0, 0.1) is 5.92 Å². The first kappa shape index (κ1) is 19.6. The highest BCUT2D eigenvalue weighted by Crippen LogP contribution is 2.33. The second kappa shape index (κ2) is 7.95. The maximum absolute atomic E-state index is 13.0. The van der Waals surface area contributed by atoms with Crippen LogP contribution in [-0.2, 0) is 12.8 Å². The molecule has 29 heavy (non-hydrogen) atoms. The van der Waals surface area contributed by atoms with Gasteiger partial charge in [0.25, 0.3) is 11.1 Å². The summed E-state index contributed by atoms with van der Waals surface area (Å²) in [5.74, 6) is 0.543. The summed E-state index contributed by atoms with van der Waals surface area (Å²) in [7, 11) is 3.45. The Balaban J connectivity index is 1.54. The van der Waals surface area contributed by atoms with Crippen LogP contribution in [0.1, 0.15) is 35.0 Å². The summed E-state index contributed by atoms with van der Waals surface area (Å²) in [5.41, 5.74) is 4.92. The SMILES string of the molecule is CC1CCc2[nH]c3c(C(=O)Nc4ccc(SC(=O)N(C)C)cc4)cccc3c2C1. The van der Waals surface area contributed by atoms with E-state index in [0.717, 1.165) is 40.4 Å². The van der Waals surface area contributed by atoms with Gasteiger partial charge in [-0.05, 0) is 72.8 Å². The summed E-state index contributed by atoms with van der Waals surface area (Å²) in [6.45, 7) is 2.28. The number of aromatic amines is 1. The molecule has 150 valence electrons. The van der Waals surface area contributed by atoms with Gasteiger partial charge in [-0.1, -0.05) is 19.1 Å². The first-order valence-corrected chi connectivity index (χ1v) is 10.7. The van der Waals surface area contributed by atoms with E-state index in [0.29, 0.717) is 17.2 Å². The first-order valence-electron chi connectivity index (χ1n) is 9.85. The van der Waals surface area contributed by atoms with Gasteiger partial charge < -0.3 is 15.2 Å². The van der Waals surface area contributed by atoms with Gasteiger partial charge in [-0.25, -0.2) is 0 Å². The number of hydrogen-bond acceptors (Lipinski definition) is 3. The van der Waals surface area contributed by atoms with Gasteiger partial charge in [0.15, 0.2) is 0 Å². The van der Waals surface area contributed by atoms with Gasteiger partial charge >= 0.3 is 0 Å². The van der Waals surface area contributed by atoms with Crippen LogP contribution in [-0.4, -0.2) is 35.1 Å². The zero-order valence-corrected chi connectivity index (χ0v) is 17.7. The molecule has 1 heterocycles. The molecular formula is C23H25N3O2S. The number of benzene rings is 2. The number of para-hydroxylation sites is 1. The molecule has 0 fully saturated rings. The van der Waals surface area contributed by atoms with Gasteiger partial charge in [-0.3, -0.25) is 9.59 Å². The lowest BCUT2D eigenvalue weighted by Crippen LogP contribution is -2.16. The molecule has 5 nitrogen and oxygen atoms in total. The van der Waals surface area contributed by atoms with Crippen LogP contribution in [0.15, 0.2) is 47.4 Å². The van der Waals surface area contributed by atoms with Gasteiger partial charge in [0.05, 0.1) is 11.1 Å². The van der Waals surface area contributed by atoms with Gasteiger partial charge in [-0.15, -0.1) is 0 Å². The molecule has 0 saturated carbocycles. The highest BCUT2D eigenvalue weighted by atomic mass is 32.2. The summed E-state index contributed by atoms with van der Waals surface area (Å²) in [6, 6.07) is 13.3. The predicted octanol–water partition coefficient (Wildman–Crippen LogP) is 5.32. The van der Waals surface area contributed by atoms with Crippen molar-refractivity contribution in [2.45, 2.75) is 31.1 Å². The van der Waals surface area contributed by atoms with Crippen molar-refractivity contribution in [3.8, 4) is 0 Å². The summed E-state index contributed by atoms with van der Waals surface area (Å²) >= 11 is 1.16. The van der Waals surface area contributed by atoms with Crippen molar-refractivity contribution in [1.29, 1.82) is 0 Å². The highest BCUT2D eigenvalue weighted by molar-refractivity contribution is 8.13. The number of carbonyl (C=O) groups is 2. The normalized spacial score (nSPS) is 15.8. The largest absolute Gasteiger partial charge is 0.358 e. The van der Waals surface area contributed by atoms with E-state index in [2.05, 4.69) is 23.3 Å². The van der Waals surface area contributed by atoms with E-state index in [4.69, 9.17) is 0 Å². The Hall–Kier alpha value is -2.73. The van der Waals surface area contributed by atoms with Crippen molar-refractivity contribution in [2.75, 3.05) is 19.4 Å². The van der Waals surface area contributed by atoms with Crippen molar-refractivity contribution >= 4 is 39.5 Å². The zero-order valence-electron chi connectivity index (χ0n) is 16.9. The quantitative estimate of drug-likeness (QED) is 0.578. The van der Waals surface area contributed by atoms with Gasteiger partial charge in [0.2, 0.25) is 0 Å². The number of fused-ring (bicyclic) bond motifs is 3. The van der Waals surface area contributed by atoms with Crippen molar-refractivity contribution in [3.05, 3.63) is 59.3 Å². The number of nitrogens with zero attached hydrogens (tertiary/aromatic N) is 1. The van der Waals surface area contributed by atoms with Crippen LogP contribution in [0.4, 0.5) is 10.5 Å². The Kier molecular flexibility index (Phi) is 5.37. The minimum atomic E-state index is -0.132. The standard InChI is InChI=1S/C23H25N3O2S/c1-14-7-12-20-19(13-14)17-5-4-6-18(21(17)25-20)22(27)24-15-8-10-16(11-9-15)29-23(28)26(2)3/h4-6,8-11,14,25H,7,12-13H2,1-3H3,(H,24,27). The highest BCUT2D eigenvalue weighted by Gasteiger charge is 2.22. The Labute approximate surface area is 174 Å². The molecule has 0 aliphatic heterocycles. The molecule has 1 atom stereocenters. The number of amides is 2. The van der Waals surface area contributed by atoms with E-state index < -0.39 is 0 Å². The number of H-pyrrole nitrogens is 1. The van der Waals surface area contributed by atoms with Crippen LogP contribution >= 0.6 is 11.8 Å². The second-order valence-corrected chi connectivity index (χ2v) is 8.92. The first-order chi connectivity index (χ1) is 13.9. The fourth-order valence-electron chi connectivity index (χ4n) is 3.80. The fraction of sp³-hybridized carbons (Fsp3) is 0.304. The third-order valence-electron chi connectivity index (χ3n) is 5.40. The minimum Gasteiger partial charge on any atom is -0.358 e. The summed E-state index contributed by atoms with van der Waals surface area (Å²) in [5, 5.41) is 4.11. The average Bonchev–Trinajstić information content (AvgIpc) is 3.07. The molecule has 4 rings (SSSR count). The number of rotatable bonds is 3. The summed E-state index contributed by atoms with van der Waals surface area (Å²) in [4.78, 5) is 30.7. The number of nitrogens with one attached hydrogen (secondary N) is 2. The van der Waals surface area contributed by atoms with Crippen molar-refractivity contribution < 1.29 is 9.59 Å². The third kappa shape index (κ3) is 4.03. The smallest absolute Gasteiger partial charge is 0.285 e. The molecule has 1 aliphatic carbocycles. The molecule has 2 amide bonds. The molecule has 0 bridgehead atoms. The van der Waals surface area contributed by atoms with Gasteiger partial charge in [0.1, 0.15) is 0 Å². The Morgan fingerprint density at radius 2 is 1.90 bits per heavy atom. The topological polar surface area (TPSA) is 65.2 Å². The Bertz CT molecular complexity index is 1070. The van der Waals surface area contributed by atoms with Crippen LogP contribution in [0.25, 0.3) is 10.9 Å². The summed E-state index contributed by atoms with van der Waals surface area (Å²) in [6.07, 6.45) is 3.28. The number of anilines is 1. The van der Waals surface area contributed by atoms with E-state index >= 15 is 0 Å². The van der Waals surface area contributed by atoms with E-state index in [1.165, 1.54) is 22.6 Å². The third-order valence-corrected chi connectivity index (χ3v) is 6.44. The predicted molar refractivity (Wildman–Crippen MR) is 119 cm³/mol. The molecule has 1 unspecified atom stereocenters. The van der Waals surface area contributed by atoms with Crippen LogP contribution in [0.3, 0.4) is 0 Å². The minimum absolute atomic E-state index is 0.0292. The number of aryl methyl sites for hydroxylation is 1. The monoisotopic (exact) mass is 407 g/mol. The van der Waals surface area contributed by atoms with E-state index in [1.54, 1.807) is 14.1 Å². The Morgan fingerprint density at radius 1 is 1.14 bits per heavy atom. The molecule has 2 N–H and O–H groups in total. The van der Waals surface area contributed by atoms with E-state index in [-0.39, 0.29) is 11.1 Å². The molecule has 0 spiro atoms. The van der Waals surface area contributed by atoms with E-state index in [9.17, 15) is 9.59 Å². The number of thioether (sulfide) groups is 1. The molecular weight excluding hydrogens is 382 g/mol. The van der Waals surface area contributed by atoms with Crippen molar-refractivity contribution in [1.82, 2.24) is 9.88 Å². The fourth-order valence-corrected chi connectivity index (χ4v) is 4.46. The van der Waals surface area contributed by atoms with E-state index in [1.807, 2.05) is 36.4 Å². The summed E-state index contributed by atoms with van der Waals surface area (Å²) < 4.78 is 0.